The summed E-state index contributed by atoms with van der Waals surface area (Å²) in [6.07, 6.45) is 6.12. The van der Waals surface area contributed by atoms with Crippen molar-refractivity contribution in [3.8, 4) is 0 Å². The Morgan fingerprint density at radius 1 is 0.974 bits per heavy atom. The summed E-state index contributed by atoms with van der Waals surface area (Å²) in [5.74, 6) is 0.616. The summed E-state index contributed by atoms with van der Waals surface area (Å²) in [5, 5.41) is 15.3. The lowest BCUT2D eigenvalue weighted by atomic mass is 10.3. The minimum atomic E-state index is 0.300. The van der Waals surface area contributed by atoms with Crippen LogP contribution in [0.1, 0.15) is 43.1 Å². The van der Waals surface area contributed by atoms with Crippen LogP contribution < -0.4 is 10.1 Å². The maximum Gasteiger partial charge on any atom is 0.187 e. The van der Waals surface area contributed by atoms with E-state index in [9.17, 15) is 0 Å². The summed E-state index contributed by atoms with van der Waals surface area (Å²) in [7, 11) is 1.61. The van der Waals surface area contributed by atoms with Crippen LogP contribution >= 0.6 is 11.3 Å². The van der Waals surface area contributed by atoms with Crippen molar-refractivity contribution >= 4 is 34.1 Å². The van der Waals surface area contributed by atoms with Gasteiger partial charge in [-0.25, -0.2) is 0 Å². The number of ether oxygens (including phenoxy) is 1. The molecule has 0 bridgehead atoms. The van der Waals surface area contributed by atoms with E-state index in [1.165, 1.54) is 17.8 Å². The normalized spacial score (nSPS) is 9.46. The van der Waals surface area contributed by atoms with Crippen LogP contribution in [0.2, 0.25) is 0 Å². The van der Waals surface area contributed by atoms with Crippen LogP contribution in [0.4, 0.5) is 5.00 Å². The second-order valence-electron chi connectivity index (χ2n) is 7.68. The summed E-state index contributed by atoms with van der Waals surface area (Å²) in [6.45, 7) is 10.1. The summed E-state index contributed by atoms with van der Waals surface area (Å²) in [4.78, 5) is 3.50. The molecule has 39 heavy (non-hydrogen) atoms. The Hall–Kier alpha value is -5.11. The third-order valence-corrected chi connectivity index (χ3v) is 6.16. The molecule has 0 saturated carbocycles. The number of rotatable bonds is 9. The minimum absolute atomic E-state index is 0.300. The van der Waals surface area contributed by atoms with E-state index in [0.717, 1.165) is 23.2 Å². The summed E-state index contributed by atoms with van der Waals surface area (Å²) in [5.41, 5.74) is 35.2. The van der Waals surface area contributed by atoms with Gasteiger partial charge in [-0.1, -0.05) is 24.8 Å². The Balaban J connectivity index is 2.07. The number of anilines is 1. The van der Waals surface area contributed by atoms with Crippen LogP contribution in [-0.2, 0) is 11.3 Å². The van der Waals surface area contributed by atoms with E-state index in [1.54, 1.807) is 29.0 Å². The fourth-order valence-electron chi connectivity index (χ4n) is 3.30. The van der Waals surface area contributed by atoms with Crippen LogP contribution in [0.25, 0.3) is 17.8 Å². The molecule has 0 atom stereocenters. The number of unbranched alkanes of at least 4 members (excludes halogenated alkanes) is 1. The van der Waals surface area contributed by atoms with E-state index in [4.69, 9.17) is 4.74 Å². The van der Waals surface area contributed by atoms with Gasteiger partial charge < -0.3 is 9.64 Å². The van der Waals surface area contributed by atoms with Crippen LogP contribution in [0.5, 0.6) is 0 Å². The van der Waals surface area contributed by atoms with Gasteiger partial charge in [0.15, 0.2) is 11.5 Å². The summed E-state index contributed by atoms with van der Waals surface area (Å²) in [6, 6.07) is 4.28. The van der Waals surface area contributed by atoms with Crippen LogP contribution in [-0.4, -0.2) is 40.0 Å². The number of nitrogens with zero attached hydrogens (tertiary/aromatic N) is 5. The molecule has 3 heterocycles. The lowest BCUT2D eigenvalue weighted by Gasteiger charge is -2.20. The number of hydrogen-bond acceptors (Lipinski definition) is 6. The Morgan fingerprint density at radius 3 is 2.31 bits per heavy atom. The molecule has 0 aliphatic carbocycles. The predicted octanol–water partition coefficient (Wildman–Crippen LogP) is 5.17. The van der Waals surface area contributed by atoms with Gasteiger partial charge in [0.1, 0.15) is 12.3 Å². The molecule has 0 N–H and O–H groups in total. The van der Waals surface area contributed by atoms with Crippen molar-refractivity contribution in [2.45, 2.75) is 33.3 Å². The average Bonchev–Trinajstić information content (AvgIpc) is 3.65. The first-order valence-corrected chi connectivity index (χ1v) is 13.0. The number of hydrogen-bond donors (Lipinski definition) is 0. The van der Waals surface area contributed by atoms with Crippen molar-refractivity contribution in [3.63, 3.8) is 0 Å². The molecule has 6 nitrogen and oxygen atoms in total. The van der Waals surface area contributed by atoms with Gasteiger partial charge >= 0.3 is 0 Å². The molecular formula is C32H25N5OS. The molecule has 3 aromatic rings. The van der Waals surface area contributed by atoms with Crippen molar-refractivity contribution in [3.05, 3.63) is 115 Å². The smallest absolute Gasteiger partial charge is 0.187 e. The first kappa shape index (κ1) is 28.5. The van der Waals surface area contributed by atoms with E-state index in [1.807, 2.05) is 0 Å². The third kappa shape index (κ3) is 8.46. The van der Waals surface area contributed by atoms with Gasteiger partial charge in [0.05, 0.1) is 10.2 Å². The highest BCUT2D eigenvalue weighted by Crippen LogP contribution is 2.27. The Bertz CT molecular complexity index is 1890. The van der Waals surface area contributed by atoms with E-state index < -0.39 is 0 Å². The molecule has 7 heteroatoms. The third-order valence-electron chi connectivity index (χ3n) is 5.07. The van der Waals surface area contributed by atoms with Gasteiger partial charge in [-0.05, 0) is 101 Å². The quantitative estimate of drug-likeness (QED) is 0.360. The lowest BCUT2D eigenvalue weighted by molar-refractivity contribution is 0.176. The largest absolute Gasteiger partial charge is 0.377 e. The molecule has 3 rings (SSSR count). The number of thiophene rings is 1. The first-order chi connectivity index (χ1) is 19.2. The molecule has 0 radical (unpaired) electrons. The van der Waals surface area contributed by atoms with Gasteiger partial charge in [0, 0.05) is 31.2 Å². The van der Waals surface area contributed by atoms with Crippen molar-refractivity contribution < 1.29 is 4.74 Å². The molecule has 3 aromatic heterocycles. The standard InChI is InChI=1S/C32H25N5OS/c1-5-8-10-11-12-13-14-15-16-17-18-19-20-21-29-28(32-34-33-30(26-38-4)37(32)35-29)25-27-22-23-31(39-27)36(7-3)24-9-6-2/h21-23,25H,1,6-7,9,24,26H2,2-4H3/b28-25-. The second-order valence-corrected chi connectivity index (χ2v) is 8.77. The highest BCUT2D eigenvalue weighted by atomic mass is 32.1. The van der Waals surface area contributed by atoms with Gasteiger partial charge in [-0.15, -0.1) is 21.5 Å². The van der Waals surface area contributed by atoms with E-state index in [2.05, 4.69) is 133 Å². The van der Waals surface area contributed by atoms with Crippen molar-refractivity contribution in [2.24, 2.45) is 0 Å². The zero-order valence-electron chi connectivity index (χ0n) is 22.1. The van der Waals surface area contributed by atoms with Crippen LogP contribution in [0, 0.1) is 0 Å². The molecule has 0 fully saturated rings. The predicted molar refractivity (Wildman–Crippen MR) is 153 cm³/mol. The molecule has 0 amide bonds. The lowest BCUT2D eigenvalue weighted by Crippen LogP contribution is -2.22. The van der Waals surface area contributed by atoms with E-state index in [0.29, 0.717) is 23.8 Å². The van der Waals surface area contributed by atoms with Crippen molar-refractivity contribution in [1.82, 2.24) is 19.8 Å². The van der Waals surface area contributed by atoms with Crippen LogP contribution in [0.3, 0.4) is 0 Å². The number of aromatic nitrogens is 4. The number of methoxy groups -OCH3 is 1. The molecule has 0 unspecified atom stereocenters. The van der Waals surface area contributed by atoms with Gasteiger partial charge in [-0.2, -0.15) is 9.61 Å². The van der Waals surface area contributed by atoms with Crippen molar-refractivity contribution in [2.75, 3.05) is 25.1 Å². The molecule has 0 spiro atoms. The molecule has 0 aliphatic heterocycles. The Labute approximate surface area is 231 Å². The topological polar surface area (TPSA) is 55.6 Å². The first-order valence-electron chi connectivity index (χ1n) is 12.2. The highest BCUT2D eigenvalue weighted by molar-refractivity contribution is 7.16. The van der Waals surface area contributed by atoms with E-state index in [-0.39, 0.29) is 0 Å². The van der Waals surface area contributed by atoms with Gasteiger partial charge in [0.2, 0.25) is 0 Å². The fraction of sp³-hybridized carbons (Fsp3) is 0.250. The highest BCUT2D eigenvalue weighted by Gasteiger charge is 2.14. The zero-order chi connectivity index (χ0) is 27.7. The molecule has 0 aromatic carbocycles. The molecule has 0 aliphatic rings. The monoisotopic (exact) mass is 527 g/mol. The maximum atomic E-state index is 5.24. The Kier molecular flexibility index (Phi) is 11.6. The Morgan fingerprint density at radius 2 is 1.67 bits per heavy atom. The second kappa shape index (κ2) is 15.9. The zero-order valence-corrected chi connectivity index (χ0v) is 22.9. The van der Waals surface area contributed by atoms with Crippen molar-refractivity contribution in [1.29, 1.82) is 0 Å². The van der Waals surface area contributed by atoms with Gasteiger partial charge in [-0.3, -0.25) is 0 Å². The molecular weight excluding hydrogens is 502 g/mol. The van der Waals surface area contributed by atoms with Crippen LogP contribution in [0.15, 0.2) is 93.2 Å². The van der Waals surface area contributed by atoms with E-state index >= 15 is 0 Å². The SMILES string of the molecule is C=C=C=C=C=C=C=C=C=C=C=C=C=C=Cc1nn2c(COC)nnc2/c1=C\c1ccc(N(CC)CCCC)s1. The average molecular weight is 528 g/mol. The fourth-order valence-corrected chi connectivity index (χ4v) is 4.34. The minimum Gasteiger partial charge on any atom is -0.377 e. The maximum absolute atomic E-state index is 5.24. The summed E-state index contributed by atoms with van der Waals surface area (Å²) >= 11 is 1.74. The molecule has 0 saturated heterocycles. The molecule has 190 valence electrons. The van der Waals surface area contributed by atoms with Gasteiger partial charge in [0.25, 0.3) is 0 Å². The number of fused-ring (bicyclic) bond motifs is 1. The summed E-state index contributed by atoms with van der Waals surface area (Å²) < 4.78 is 6.94.